The molecule has 3 aromatic rings. The van der Waals surface area contributed by atoms with Crippen molar-refractivity contribution < 1.29 is 48.3 Å². The van der Waals surface area contributed by atoms with Gasteiger partial charge in [-0.1, -0.05) is 0 Å². The van der Waals surface area contributed by atoms with Crippen LogP contribution < -0.4 is 5.32 Å². The van der Waals surface area contributed by atoms with Crippen molar-refractivity contribution in [3.05, 3.63) is 68.7 Å². The van der Waals surface area contributed by atoms with E-state index >= 15 is 0 Å². The summed E-state index contributed by atoms with van der Waals surface area (Å²) in [7, 11) is -3.99. The van der Waals surface area contributed by atoms with Crippen LogP contribution in [-0.4, -0.2) is 40.3 Å². The Kier molecular flexibility index (Phi) is 8.20. The quantitative estimate of drug-likeness (QED) is 0.262. The van der Waals surface area contributed by atoms with Gasteiger partial charge in [-0.3, -0.25) is 9.48 Å². The first kappa shape index (κ1) is 30.8. The molecule has 0 radical (unpaired) electrons. The normalized spacial score (nSPS) is 16.9. The van der Waals surface area contributed by atoms with Gasteiger partial charge in [0, 0.05) is 31.4 Å². The first-order valence-corrected chi connectivity index (χ1v) is 14.2. The van der Waals surface area contributed by atoms with E-state index in [9.17, 15) is 48.3 Å². The lowest BCUT2D eigenvalue weighted by Crippen LogP contribution is -2.37. The minimum absolute atomic E-state index is 0.0229. The Balaban J connectivity index is 1.75. The molecule has 2 heterocycles. The molecule has 0 aliphatic heterocycles. The zero-order valence-corrected chi connectivity index (χ0v) is 23.0. The molecule has 0 saturated carbocycles. The lowest BCUT2D eigenvalue weighted by molar-refractivity contribution is -0.123. The average molecular weight is 676 g/mol. The largest absolute Gasteiger partial charge is 0.346 e. The fourth-order valence-electron chi connectivity index (χ4n) is 4.38. The van der Waals surface area contributed by atoms with Crippen molar-refractivity contribution in [3.8, 4) is 0 Å². The number of nitrogens with one attached hydrogen (secondary N) is 1. The van der Waals surface area contributed by atoms with E-state index in [1.807, 2.05) is 0 Å². The Hall–Kier alpha value is -3.15. The van der Waals surface area contributed by atoms with Crippen LogP contribution in [0.1, 0.15) is 53.5 Å². The number of carbonyl (C=O) groups excluding carboxylic acids is 1. The van der Waals surface area contributed by atoms with E-state index in [0.29, 0.717) is 6.07 Å². The summed E-state index contributed by atoms with van der Waals surface area (Å²) in [5.41, 5.74) is -5.06. The Bertz CT molecular complexity index is 1600. The van der Waals surface area contributed by atoms with Crippen molar-refractivity contribution in [2.45, 2.75) is 55.3 Å². The van der Waals surface area contributed by atoms with Crippen LogP contribution in [-0.2, 0) is 39.4 Å². The van der Waals surface area contributed by atoms with Gasteiger partial charge in [-0.05, 0) is 40.0 Å². The molecule has 8 nitrogen and oxygen atoms in total. The van der Waals surface area contributed by atoms with E-state index in [4.69, 9.17) is 0 Å². The first-order chi connectivity index (χ1) is 18.9. The zero-order valence-electron chi connectivity index (χ0n) is 20.6. The first-order valence-electron chi connectivity index (χ1n) is 11.5. The van der Waals surface area contributed by atoms with Crippen molar-refractivity contribution in [2.24, 2.45) is 0 Å². The van der Waals surface area contributed by atoms with Crippen LogP contribution in [0.3, 0.4) is 0 Å². The summed E-state index contributed by atoms with van der Waals surface area (Å²) in [4.78, 5) is 20.6. The summed E-state index contributed by atoms with van der Waals surface area (Å²) in [6, 6.07) is 0.952. The van der Waals surface area contributed by atoms with Crippen molar-refractivity contribution in [1.82, 2.24) is 25.1 Å². The molecule has 1 aliphatic rings. The maximum atomic E-state index is 14.7. The van der Waals surface area contributed by atoms with Crippen LogP contribution in [0.5, 0.6) is 0 Å². The van der Waals surface area contributed by atoms with Crippen LogP contribution in [0.2, 0.25) is 0 Å². The second kappa shape index (κ2) is 10.9. The van der Waals surface area contributed by atoms with Gasteiger partial charge >= 0.3 is 0 Å². The average Bonchev–Trinajstić information content (AvgIpc) is 3.22. The molecule has 4 rings (SSSR count). The van der Waals surface area contributed by atoms with E-state index in [0.717, 1.165) is 24.6 Å². The molecule has 0 bridgehead atoms. The van der Waals surface area contributed by atoms with Crippen molar-refractivity contribution in [1.29, 1.82) is 0 Å². The number of halogens is 9. The van der Waals surface area contributed by atoms with Crippen LogP contribution in [0.15, 0.2) is 34.0 Å². The van der Waals surface area contributed by atoms with Crippen molar-refractivity contribution in [3.63, 3.8) is 0 Å². The Morgan fingerprint density at radius 1 is 1.07 bits per heavy atom. The third-order valence-electron chi connectivity index (χ3n) is 6.05. The van der Waals surface area contributed by atoms with E-state index in [1.165, 1.54) is 0 Å². The maximum absolute atomic E-state index is 14.7. The van der Waals surface area contributed by atoms with Gasteiger partial charge in [-0.25, -0.2) is 44.7 Å². The number of carbonyl (C=O) groups is 1. The number of nitrogens with zero attached hydrogens (tertiary/aromatic N) is 4. The summed E-state index contributed by atoms with van der Waals surface area (Å²) in [5.74, 6) is -11.3. The molecule has 1 aromatic carbocycles. The van der Waals surface area contributed by atoms with Crippen LogP contribution in [0, 0.1) is 11.6 Å². The number of alkyl halides is 6. The standard InChI is InChI=1S/C23H18BrF8N5O3S/c1-41(39,40)21-33-8-13(24)17(35-21)14(6-10-4-11(25)7-12(26)5-10)34-15(38)9-37-19-16(18(36-37)20(27)28)22(29,30)2-3-23(19,31)32/h4-5,7-8,14,20H,2-3,6,9H2,1H3,(H,34,38). The highest BCUT2D eigenvalue weighted by atomic mass is 79.9. The van der Waals surface area contributed by atoms with Gasteiger partial charge in [0.25, 0.3) is 18.3 Å². The molecule has 1 amide bonds. The van der Waals surface area contributed by atoms with Crippen molar-refractivity contribution in [2.75, 3.05) is 6.26 Å². The lowest BCUT2D eigenvalue weighted by atomic mass is 9.89. The minimum Gasteiger partial charge on any atom is -0.346 e. The molecule has 1 atom stereocenters. The van der Waals surface area contributed by atoms with Crippen molar-refractivity contribution >= 4 is 31.7 Å². The smallest absolute Gasteiger partial charge is 0.290 e. The molecule has 1 N–H and O–H groups in total. The SMILES string of the molecule is CS(=O)(=O)c1ncc(Br)c(C(Cc2cc(F)cc(F)c2)NC(=O)Cn2nc(C(F)F)c3c2C(F)(F)CCC3(F)F)n1. The number of rotatable bonds is 8. The molecular formula is C23H18BrF8N5O3S. The summed E-state index contributed by atoms with van der Waals surface area (Å²) in [5, 5.41) is 4.82. The number of aromatic nitrogens is 4. The number of amides is 1. The van der Waals surface area contributed by atoms with E-state index in [-0.39, 0.29) is 20.4 Å². The Morgan fingerprint density at radius 3 is 2.27 bits per heavy atom. The van der Waals surface area contributed by atoms with Gasteiger partial charge in [0.1, 0.15) is 29.6 Å². The van der Waals surface area contributed by atoms with Crippen LogP contribution >= 0.6 is 15.9 Å². The van der Waals surface area contributed by atoms with Gasteiger partial charge in [0.2, 0.25) is 20.9 Å². The number of hydrogen-bond acceptors (Lipinski definition) is 6. The fraction of sp³-hybridized carbons (Fsp3) is 0.391. The molecule has 222 valence electrons. The molecule has 18 heteroatoms. The highest BCUT2D eigenvalue weighted by Crippen LogP contribution is 2.52. The van der Waals surface area contributed by atoms with Gasteiger partial charge < -0.3 is 5.32 Å². The summed E-state index contributed by atoms with van der Waals surface area (Å²) in [6.45, 7) is -1.24. The molecule has 0 fully saturated rings. The summed E-state index contributed by atoms with van der Waals surface area (Å²) < 4.78 is 137. The van der Waals surface area contributed by atoms with Gasteiger partial charge in [-0.15, -0.1) is 0 Å². The van der Waals surface area contributed by atoms with Crippen LogP contribution in [0.4, 0.5) is 35.1 Å². The number of sulfone groups is 1. The number of hydrogen-bond donors (Lipinski definition) is 1. The van der Waals surface area contributed by atoms with E-state index < -0.39 is 99.6 Å². The molecule has 1 aliphatic carbocycles. The Morgan fingerprint density at radius 2 is 1.68 bits per heavy atom. The maximum Gasteiger partial charge on any atom is 0.290 e. The van der Waals surface area contributed by atoms with E-state index in [2.05, 4.69) is 36.3 Å². The second-order valence-electron chi connectivity index (χ2n) is 9.24. The zero-order chi connectivity index (χ0) is 30.5. The molecule has 2 aromatic heterocycles. The predicted octanol–water partition coefficient (Wildman–Crippen LogP) is 5.13. The molecule has 0 spiro atoms. The molecule has 1 unspecified atom stereocenters. The highest BCUT2D eigenvalue weighted by Gasteiger charge is 2.55. The minimum atomic E-state index is -4.06. The van der Waals surface area contributed by atoms with Gasteiger partial charge in [0.05, 0.1) is 21.8 Å². The Labute approximate surface area is 235 Å². The second-order valence-corrected chi connectivity index (χ2v) is 12.0. The summed E-state index contributed by atoms with van der Waals surface area (Å²) in [6.07, 6.45) is -5.10. The molecule has 41 heavy (non-hydrogen) atoms. The number of benzene rings is 1. The monoisotopic (exact) mass is 675 g/mol. The third kappa shape index (κ3) is 6.52. The molecular weight excluding hydrogens is 658 g/mol. The fourth-order valence-corrected chi connectivity index (χ4v) is 5.36. The third-order valence-corrected chi connectivity index (χ3v) is 7.52. The predicted molar refractivity (Wildman–Crippen MR) is 128 cm³/mol. The van der Waals surface area contributed by atoms with Crippen LogP contribution in [0.25, 0.3) is 0 Å². The van der Waals surface area contributed by atoms with Gasteiger partial charge in [0.15, 0.2) is 0 Å². The lowest BCUT2D eigenvalue weighted by Gasteiger charge is -2.29. The topological polar surface area (TPSA) is 107 Å². The van der Waals surface area contributed by atoms with Gasteiger partial charge in [-0.2, -0.15) is 13.9 Å². The molecule has 0 saturated heterocycles. The number of fused-ring (bicyclic) bond motifs is 1. The highest BCUT2D eigenvalue weighted by molar-refractivity contribution is 9.10. The van der Waals surface area contributed by atoms with E-state index in [1.54, 1.807) is 0 Å². The summed E-state index contributed by atoms with van der Waals surface area (Å²) >= 11 is 3.09.